The van der Waals surface area contributed by atoms with Gasteiger partial charge in [-0.3, -0.25) is 19.3 Å². The summed E-state index contributed by atoms with van der Waals surface area (Å²) in [6, 6.07) is -0.906. The maximum absolute atomic E-state index is 12.8. The van der Waals surface area contributed by atoms with Crippen LogP contribution in [0, 0.1) is 0 Å². The molecule has 154 valence electrons. The first-order chi connectivity index (χ1) is 13.9. The van der Waals surface area contributed by atoms with E-state index in [1.165, 1.54) is 23.2 Å². The number of aliphatic carboxylic acids is 1. The van der Waals surface area contributed by atoms with Gasteiger partial charge in [-0.05, 0) is 19.9 Å². The lowest BCUT2D eigenvalue weighted by atomic mass is 10.0. The summed E-state index contributed by atoms with van der Waals surface area (Å²) in [7, 11) is 0. The lowest BCUT2D eigenvalue weighted by Gasteiger charge is -2.49. The predicted molar refractivity (Wildman–Crippen MR) is 105 cm³/mol. The molecule has 29 heavy (non-hydrogen) atoms. The second-order valence-corrected chi connectivity index (χ2v) is 8.26. The van der Waals surface area contributed by atoms with Gasteiger partial charge in [0.25, 0.3) is 11.8 Å². The molecule has 1 aromatic rings. The first kappa shape index (κ1) is 20.8. The molecule has 2 aliphatic rings. The monoisotopic (exact) mass is 439 g/mol. The summed E-state index contributed by atoms with van der Waals surface area (Å²) in [6.07, 6.45) is 1.96. The Hall–Kier alpha value is -2.93. The quantitative estimate of drug-likeness (QED) is 0.225. The average molecular weight is 439 g/mol. The summed E-state index contributed by atoms with van der Waals surface area (Å²) in [5.41, 5.74) is -0.0788. The molecule has 1 aromatic heterocycles. The van der Waals surface area contributed by atoms with Crippen LogP contribution >= 0.6 is 23.1 Å². The smallest absolute Gasteiger partial charge is 0.352 e. The van der Waals surface area contributed by atoms with E-state index in [0.29, 0.717) is 6.41 Å². The van der Waals surface area contributed by atoms with Crippen molar-refractivity contribution in [3.05, 3.63) is 22.8 Å². The molecule has 3 atom stereocenters. The number of nitrogens with zero attached hydrogens (tertiary/aromatic N) is 3. The molecule has 0 spiro atoms. The SMILES string of the molecule is CCON=C(C(=O)NC1C(=O)N2C(C(=O)O)=CC(C)S[C@H]12)c1csc(NC=O)n1. The number of aromatic nitrogens is 1. The summed E-state index contributed by atoms with van der Waals surface area (Å²) in [6.45, 7) is 3.71. The van der Waals surface area contributed by atoms with E-state index in [9.17, 15) is 24.3 Å². The van der Waals surface area contributed by atoms with Crippen LogP contribution in [0.25, 0.3) is 0 Å². The topological polar surface area (TPSA) is 150 Å². The van der Waals surface area contributed by atoms with E-state index in [-0.39, 0.29) is 34.1 Å². The van der Waals surface area contributed by atoms with Gasteiger partial charge >= 0.3 is 5.97 Å². The molecule has 3 amide bonds. The number of carbonyl (C=O) groups is 4. The Morgan fingerprint density at radius 2 is 2.24 bits per heavy atom. The third-order valence-electron chi connectivity index (χ3n) is 3.98. The molecule has 3 N–H and O–H groups in total. The molecule has 2 aliphatic heterocycles. The lowest BCUT2D eigenvalue weighted by molar-refractivity contribution is -0.150. The largest absolute Gasteiger partial charge is 0.477 e. The van der Waals surface area contributed by atoms with Gasteiger partial charge < -0.3 is 20.6 Å². The summed E-state index contributed by atoms with van der Waals surface area (Å²) >= 11 is 2.46. The molecular weight excluding hydrogens is 422 g/mol. The Morgan fingerprint density at radius 3 is 2.90 bits per heavy atom. The third-order valence-corrected chi connectivity index (χ3v) is 6.08. The van der Waals surface area contributed by atoms with Crippen LogP contribution in [-0.2, 0) is 24.0 Å². The summed E-state index contributed by atoms with van der Waals surface area (Å²) in [5, 5.41) is 19.2. The molecule has 11 nitrogen and oxygen atoms in total. The highest BCUT2D eigenvalue weighted by Gasteiger charge is 2.54. The Morgan fingerprint density at radius 1 is 1.48 bits per heavy atom. The summed E-state index contributed by atoms with van der Waals surface area (Å²) in [5.74, 6) is -2.41. The number of amides is 3. The van der Waals surface area contributed by atoms with Gasteiger partial charge in [0.15, 0.2) is 10.8 Å². The van der Waals surface area contributed by atoms with Crippen molar-refractivity contribution in [2.24, 2.45) is 5.16 Å². The molecule has 2 unspecified atom stereocenters. The zero-order valence-corrected chi connectivity index (χ0v) is 17.0. The van der Waals surface area contributed by atoms with Crippen LogP contribution < -0.4 is 10.6 Å². The third kappa shape index (κ3) is 4.10. The maximum atomic E-state index is 12.8. The Balaban J connectivity index is 1.78. The molecule has 13 heteroatoms. The van der Waals surface area contributed by atoms with Crippen LogP contribution in [0.15, 0.2) is 22.3 Å². The maximum Gasteiger partial charge on any atom is 0.352 e. The summed E-state index contributed by atoms with van der Waals surface area (Å²) in [4.78, 5) is 57.4. The van der Waals surface area contributed by atoms with Crippen LogP contribution in [-0.4, -0.2) is 68.2 Å². The number of thioether (sulfide) groups is 1. The highest BCUT2D eigenvalue weighted by Crippen LogP contribution is 2.40. The predicted octanol–water partition coefficient (Wildman–Crippen LogP) is 0.209. The molecule has 1 saturated heterocycles. The number of carboxylic acids is 1. The van der Waals surface area contributed by atoms with Crippen LogP contribution in [0.5, 0.6) is 0 Å². The van der Waals surface area contributed by atoms with Gasteiger partial charge in [-0.15, -0.1) is 23.1 Å². The fourth-order valence-electron chi connectivity index (χ4n) is 2.77. The van der Waals surface area contributed by atoms with E-state index in [1.54, 1.807) is 6.92 Å². The Bertz CT molecular complexity index is 913. The van der Waals surface area contributed by atoms with Crippen molar-refractivity contribution in [2.75, 3.05) is 11.9 Å². The number of carbonyl (C=O) groups excluding carboxylic acids is 3. The molecule has 0 saturated carbocycles. The normalized spacial score (nSPS) is 23.4. The van der Waals surface area contributed by atoms with Gasteiger partial charge in [0.05, 0.1) is 0 Å². The standard InChI is InChI=1S/C16H17N5O6S2/c1-3-27-20-10(8-5-28-16(18-8)17-6-22)12(23)19-11-13(24)21-9(15(25)26)4-7(2)29-14(11)21/h4-7,11,14H,3H2,1-2H3,(H,19,23)(H,25,26)(H,17,18,22)/t7?,11?,14-/m1/s1. The minimum atomic E-state index is -1.20. The van der Waals surface area contributed by atoms with Crippen molar-refractivity contribution >= 4 is 58.1 Å². The van der Waals surface area contributed by atoms with Crippen molar-refractivity contribution in [3.8, 4) is 0 Å². The van der Waals surface area contributed by atoms with Gasteiger partial charge in [-0.2, -0.15) is 0 Å². The fraction of sp³-hybridized carbons (Fsp3) is 0.375. The molecule has 0 bridgehead atoms. The van der Waals surface area contributed by atoms with Gasteiger partial charge in [0.1, 0.15) is 29.4 Å². The molecule has 0 radical (unpaired) electrons. The first-order valence-corrected chi connectivity index (χ1v) is 10.3. The van der Waals surface area contributed by atoms with E-state index < -0.39 is 29.2 Å². The van der Waals surface area contributed by atoms with E-state index >= 15 is 0 Å². The van der Waals surface area contributed by atoms with Gasteiger partial charge in [-0.1, -0.05) is 5.16 Å². The molecule has 1 fully saturated rings. The van der Waals surface area contributed by atoms with Crippen molar-refractivity contribution in [2.45, 2.75) is 30.5 Å². The number of nitrogens with one attached hydrogen (secondary N) is 2. The Labute approximate surface area is 173 Å². The Kier molecular flexibility index (Phi) is 6.17. The van der Waals surface area contributed by atoms with E-state index in [2.05, 4.69) is 20.8 Å². The van der Waals surface area contributed by atoms with E-state index in [1.807, 2.05) is 6.92 Å². The minimum Gasteiger partial charge on any atom is -0.477 e. The zero-order chi connectivity index (χ0) is 21.1. The minimum absolute atomic E-state index is 0.0935. The van der Waals surface area contributed by atoms with Gasteiger partial charge in [0.2, 0.25) is 6.41 Å². The number of rotatable bonds is 8. The van der Waals surface area contributed by atoms with Crippen LogP contribution in [0.4, 0.5) is 5.13 Å². The number of fused-ring (bicyclic) bond motifs is 1. The van der Waals surface area contributed by atoms with Gasteiger partial charge in [-0.25, -0.2) is 9.78 Å². The highest BCUT2D eigenvalue weighted by molar-refractivity contribution is 8.00. The van der Waals surface area contributed by atoms with E-state index in [0.717, 1.165) is 16.2 Å². The lowest BCUT2D eigenvalue weighted by Crippen LogP contribution is -2.71. The highest BCUT2D eigenvalue weighted by atomic mass is 32.2. The average Bonchev–Trinajstić information content (AvgIpc) is 3.14. The number of oxime groups is 1. The number of hydrogen-bond donors (Lipinski definition) is 3. The number of carboxylic acid groups (broad SMARTS) is 1. The molecule has 0 aromatic carbocycles. The molecule has 0 aliphatic carbocycles. The molecule has 3 rings (SSSR count). The number of thiazole rings is 1. The second kappa shape index (κ2) is 8.61. The van der Waals surface area contributed by atoms with Gasteiger partial charge in [0, 0.05) is 10.6 Å². The van der Waals surface area contributed by atoms with Crippen molar-refractivity contribution in [1.29, 1.82) is 0 Å². The molecule has 3 heterocycles. The number of β-lactam (4-membered cyclic amide) rings is 1. The fourth-order valence-corrected chi connectivity index (χ4v) is 4.75. The van der Waals surface area contributed by atoms with Crippen LogP contribution in [0.3, 0.4) is 0 Å². The zero-order valence-electron chi connectivity index (χ0n) is 15.3. The number of anilines is 1. The van der Waals surface area contributed by atoms with Crippen molar-refractivity contribution in [1.82, 2.24) is 15.2 Å². The molecular formula is C16H17N5O6S2. The first-order valence-electron chi connectivity index (χ1n) is 8.47. The van der Waals surface area contributed by atoms with Crippen molar-refractivity contribution in [3.63, 3.8) is 0 Å². The van der Waals surface area contributed by atoms with Crippen LogP contribution in [0.2, 0.25) is 0 Å². The second-order valence-electron chi connectivity index (χ2n) is 5.91. The van der Waals surface area contributed by atoms with Crippen molar-refractivity contribution < 1.29 is 29.1 Å². The van der Waals surface area contributed by atoms with Crippen LogP contribution in [0.1, 0.15) is 19.5 Å². The summed E-state index contributed by atoms with van der Waals surface area (Å²) < 4.78 is 0. The van der Waals surface area contributed by atoms with E-state index in [4.69, 9.17) is 4.84 Å². The number of hydrogen-bond acceptors (Lipinski definition) is 9.